The zero-order valence-corrected chi connectivity index (χ0v) is 11.6. The second-order valence-corrected chi connectivity index (χ2v) is 5.80. The van der Waals surface area contributed by atoms with E-state index in [0.29, 0.717) is 0 Å². The van der Waals surface area contributed by atoms with Crippen LogP contribution in [0.3, 0.4) is 0 Å². The number of carbonyl (C=O) groups excluding carboxylic acids is 1. The molecule has 0 aromatic heterocycles. The number of nitrogens with two attached hydrogens (primary N) is 1. The summed E-state index contributed by atoms with van der Waals surface area (Å²) in [5.41, 5.74) is 5.19. The molecule has 0 spiro atoms. The number of ether oxygens (including phenoxy) is 1. The van der Waals surface area contributed by atoms with Crippen molar-refractivity contribution in [3.05, 3.63) is 0 Å². The third-order valence-electron chi connectivity index (χ3n) is 1.94. The van der Waals surface area contributed by atoms with E-state index in [1.807, 2.05) is 13.8 Å². The molecule has 0 aliphatic rings. The summed E-state index contributed by atoms with van der Waals surface area (Å²) >= 11 is 0. The summed E-state index contributed by atoms with van der Waals surface area (Å²) in [5.74, 6) is -0.0387. The monoisotopic (exact) mass is 280 g/mol. The molecule has 0 aliphatic carbocycles. The normalized spacial score (nSPS) is 11.6. The number of methoxy groups -OCH3 is 1. The first-order valence-corrected chi connectivity index (χ1v) is 6.81. The molecule has 0 radical (unpaired) electrons. The lowest BCUT2D eigenvalue weighted by molar-refractivity contribution is 0.176. The van der Waals surface area contributed by atoms with Gasteiger partial charge in [-0.25, -0.2) is 9.52 Å². The first-order chi connectivity index (χ1) is 8.19. The lowest BCUT2D eigenvalue weighted by Gasteiger charge is -2.23. The maximum atomic E-state index is 11.9. The van der Waals surface area contributed by atoms with E-state index in [4.69, 9.17) is 11.1 Å². The zero-order chi connectivity index (χ0) is 14.3. The third-order valence-corrected chi connectivity index (χ3v) is 3.37. The number of rotatable bonds is 7. The molecule has 0 heterocycles. The number of amidine groups is 1. The molecule has 1 amide bonds. The van der Waals surface area contributed by atoms with Gasteiger partial charge in [-0.15, -0.1) is 0 Å². The highest BCUT2D eigenvalue weighted by Gasteiger charge is 2.25. The van der Waals surface area contributed by atoms with Gasteiger partial charge >= 0.3 is 16.3 Å². The van der Waals surface area contributed by atoms with Gasteiger partial charge in [0.2, 0.25) is 0 Å². The molecule has 0 fully saturated rings. The van der Waals surface area contributed by atoms with Gasteiger partial charge in [0.05, 0.1) is 12.9 Å². The number of carbonyl (C=O) groups is 1. The van der Waals surface area contributed by atoms with Crippen molar-refractivity contribution in [2.24, 2.45) is 11.7 Å². The fraction of sp³-hybridized carbons (Fsp3) is 0.778. The lowest BCUT2D eigenvalue weighted by Crippen LogP contribution is -2.45. The Morgan fingerprint density at radius 2 is 2.06 bits per heavy atom. The fourth-order valence-electron chi connectivity index (χ4n) is 1.17. The molecule has 0 aromatic carbocycles. The SMILES string of the molecule is COC(=O)NS(=O)(=O)N(CCC(=N)N)CC(C)C. The summed E-state index contributed by atoms with van der Waals surface area (Å²) in [4.78, 5) is 10.9. The molecule has 0 saturated heterocycles. The smallest absolute Gasteiger partial charge is 0.421 e. The summed E-state index contributed by atoms with van der Waals surface area (Å²) in [6.45, 7) is 3.95. The van der Waals surface area contributed by atoms with Crippen molar-refractivity contribution in [3.8, 4) is 0 Å². The first-order valence-electron chi connectivity index (χ1n) is 5.37. The largest absolute Gasteiger partial charge is 0.452 e. The van der Waals surface area contributed by atoms with E-state index in [-0.39, 0.29) is 31.3 Å². The molecule has 0 saturated carbocycles. The Bertz CT molecular complexity index is 393. The molecule has 0 atom stereocenters. The van der Waals surface area contributed by atoms with Crippen molar-refractivity contribution in [2.75, 3.05) is 20.2 Å². The molecule has 8 nitrogen and oxygen atoms in total. The minimum atomic E-state index is -3.97. The van der Waals surface area contributed by atoms with Crippen molar-refractivity contribution in [1.82, 2.24) is 9.03 Å². The van der Waals surface area contributed by atoms with Gasteiger partial charge in [-0.1, -0.05) is 13.8 Å². The van der Waals surface area contributed by atoms with Gasteiger partial charge in [0, 0.05) is 19.5 Å². The summed E-state index contributed by atoms with van der Waals surface area (Å²) in [6, 6.07) is 0. The van der Waals surface area contributed by atoms with Gasteiger partial charge in [-0.05, 0) is 5.92 Å². The molecule has 0 aromatic rings. The van der Waals surface area contributed by atoms with Gasteiger partial charge in [0.1, 0.15) is 0 Å². The summed E-state index contributed by atoms with van der Waals surface area (Å²) < 4.78 is 30.8. The summed E-state index contributed by atoms with van der Waals surface area (Å²) in [5, 5.41) is 7.10. The first kappa shape index (κ1) is 16.6. The van der Waals surface area contributed by atoms with E-state index in [1.165, 1.54) is 0 Å². The Balaban J connectivity index is 4.81. The van der Waals surface area contributed by atoms with Gasteiger partial charge < -0.3 is 10.5 Å². The maximum absolute atomic E-state index is 11.9. The summed E-state index contributed by atoms with van der Waals surface area (Å²) in [7, 11) is -2.89. The molecule has 0 aliphatic heterocycles. The Kier molecular flexibility index (Phi) is 6.63. The Hall–Kier alpha value is -1.35. The van der Waals surface area contributed by atoms with Gasteiger partial charge in [-0.3, -0.25) is 5.41 Å². The van der Waals surface area contributed by atoms with E-state index < -0.39 is 16.3 Å². The maximum Gasteiger partial charge on any atom is 0.421 e. The summed E-state index contributed by atoms with van der Waals surface area (Å²) in [6.07, 6.45) is -0.944. The van der Waals surface area contributed by atoms with Gasteiger partial charge in [0.25, 0.3) is 0 Å². The molecule has 18 heavy (non-hydrogen) atoms. The standard InChI is InChI=1S/C9H20N4O4S/c1-7(2)6-13(5-4-8(10)11)18(15,16)12-9(14)17-3/h7H,4-6H2,1-3H3,(H3,10,11)(H,12,14). The van der Waals surface area contributed by atoms with Crippen LogP contribution in [-0.2, 0) is 14.9 Å². The topological polar surface area (TPSA) is 126 Å². The number of hydrogen-bond acceptors (Lipinski definition) is 5. The molecule has 0 bridgehead atoms. The predicted molar refractivity (Wildman–Crippen MR) is 67.4 cm³/mol. The van der Waals surface area contributed by atoms with Crippen LogP contribution in [0, 0.1) is 11.3 Å². The van der Waals surface area contributed by atoms with E-state index in [1.54, 1.807) is 4.72 Å². The van der Waals surface area contributed by atoms with Crippen LogP contribution in [0.25, 0.3) is 0 Å². The molecule has 9 heteroatoms. The van der Waals surface area contributed by atoms with E-state index >= 15 is 0 Å². The molecule has 106 valence electrons. The zero-order valence-electron chi connectivity index (χ0n) is 10.8. The van der Waals surface area contributed by atoms with Crippen LogP contribution < -0.4 is 10.5 Å². The van der Waals surface area contributed by atoms with Crippen LogP contribution in [0.1, 0.15) is 20.3 Å². The van der Waals surface area contributed by atoms with E-state index in [0.717, 1.165) is 11.4 Å². The van der Waals surface area contributed by atoms with Crippen LogP contribution in [0.2, 0.25) is 0 Å². The quantitative estimate of drug-likeness (QED) is 0.442. The fourth-order valence-corrected chi connectivity index (χ4v) is 2.42. The Labute approximate surface area is 107 Å². The number of hydrogen-bond donors (Lipinski definition) is 3. The van der Waals surface area contributed by atoms with Crippen molar-refractivity contribution >= 4 is 22.1 Å². The van der Waals surface area contributed by atoms with Crippen LogP contribution in [-0.4, -0.2) is 44.9 Å². The number of amides is 1. The van der Waals surface area contributed by atoms with Crippen LogP contribution in [0.5, 0.6) is 0 Å². The predicted octanol–water partition coefficient (Wildman–Crippen LogP) is -0.129. The highest BCUT2D eigenvalue weighted by atomic mass is 32.2. The second kappa shape index (κ2) is 7.17. The lowest BCUT2D eigenvalue weighted by atomic mass is 10.2. The molecule has 0 unspecified atom stereocenters. The van der Waals surface area contributed by atoms with Crippen LogP contribution in [0.15, 0.2) is 0 Å². The average molecular weight is 280 g/mol. The molecular weight excluding hydrogens is 260 g/mol. The second-order valence-electron chi connectivity index (χ2n) is 4.13. The van der Waals surface area contributed by atoms with Crippen LogP contribution in [0.4, 0.5) is 4.79 Å². The Morgan fingerprint density at radius 3 is 2.44 bits per heavy atom. The van der Waals surface area contributed by atoms with Crippen molar-refractivity contribution in [1.29, 1.82) is 5.41 Å². The van der Waals surface area contributed by atoms with Gasteiger partial charge in [0.15, 0.2) is 0 Å². The van der Waals surface area contributed by atoms with E-state index in [9.17, 15) is 13.2 Å². The highest BCUT2D eigenvalue weighted by Crippen LogP contribution is 2.05. The number of nitrogens with one attached hydrogen (secondary N) is 2. The minimum Gasteiger partial charge on any atom is -0.452 e. The van der Waals surface area contributed by atoms with E-state index in [2.05, 4.69) is 4.74 Å². The molecular formula is C9H20N4O4S. The van der Waals surface area contributed by atoms with Crippen LogP contribution >= 0.6 is 0 Å². The third kappa shape index (κ3) is 6.40. The number of nitrogens with zero attached hydrogens (tertiary/aromatic N) is 1. The van der Waals surface area contributed by atoms with Crippen molar-refractivity contribution in [3.63, 3.8) is 0 Å². The highest BCUT2D eigenvalue weighted by molar-refractivity contribution is 7.87. The van der Waals surface area contributed by atoms with Crippen molar-refractivity contribution in [2.45, 2.75) is 20.3 Å². The van der Waals surface area contributed by atoms with Crippen molar-refractivity contribution < 1.29 is 17.9 Å². The molecule has 0 rings (SSSR count). The van der Waals surface area contributed by atoms with Gasteiger partial charge in [-0.2, -0.15) is 12.7 Å². The molecule has 4 N–H and O–H groups in total. The minimum absolute atomic E-state index is 0.0415. The average Bonchev–Trinajstić information content (AvgIpc) is 2.22. The Morgan fingerprint density at radius 1 is 1.50 bits per heavy atom.